The lowest BCUT2D eigenvalue weighted by molar-refractivity contribution is -0.386. The van der Waals surface area contributed by atoms with E-state index in [0.29, 0.717) is 24.1 Å². The summed E-state index contributed by atoms with van der Waals surface area (Å²) >= 11 is 1.66. The Labute approximate surface area is 142 Å². The molecule has 1 fully saturated rings. The van der Waals surface area contributed by atoms with E-state index in [0.717, 1.165) is 23.5 Å². The summed E-state index contributed by atoms with van der Waals surface area (Å²) < 4.78 is 1.18. The third-order valence-electron chi connectivity index (χ3n) is 4.40. The first kappa shape index (κ1) is 15.0. The zero-order valence-electron chi connectivity index (χ0n) is 12.9. The number of para-hydroxylation sites is 1. The minimum atomic E-state index is -0.349. The first-order valence-corrected chi connectivity index (χ1v) is 8.71. The van der Waals surface area contributed by atoms with E-state index in [4.69, 9.17) is 0 Å². The van der Waals surface area contributed by atoms with E-state index in [1.807, 2.05) is 18.2 Å². The maximum absolute atomic E-state index is 11.0. The standard InChI is InChI=1S/C17H16N4O2S/c22-21(23)15-5-3-7-18-14(15)10-11-8-12(9-11)19-17-20-13-4-1-2-6-16(13)24-17/h1-7,11-12H,8-10H2,(H,19,20). The molecule has 1 aliphatic carbocycles. The predicted octanol–water partition coefficient (Wildman–Crippen LogP) is 4.03. The zero-order valence-corrected chi connectivity index (χ0v) is 13.7. The second kappa shape index (κ2) is 6.16. The number of rotatable bonds is 5. The molecule has 7 heteroatoms. The fourth-order valence-corrected chi connectivity index (χ4v) is 4.10. The van der Waals surface area contributed by atoms with Gasteiger partial charge in [-0.3, -0.25) is 15.1 Å². The fourth-order valence-electron chi connectivity index (χ4n) is 3.16. The molecule has 0 radical (unpaired) electrons. The Balaban J connectivity index is 1.36. The highest BCUT2D eigenvalue weighted by Gasteiger charge is 2.31. The van der Waals surface area contributed by atoms with E-state index < -0.39 is 0 Å². The summed E-state index contributed by atoms with van der Waals surface area (Å²) in [5.41, 5.74) is 1.73. The number of nitrogens with zero attached hydrogens (tertiary/aromatic N) is 3. The van der Waals surface area contributed by atoms with Gasteiger partial charge >= 0.3 is 0 Å². The van der Waals surface area contributed by atoms with E-state index in [1.165, 1.54) is 10.8 Å². The molecule has 2 aromatic heterocycles. The molecule has 0 unspecified atom stereocenters. The van der Waals surface area contributed by atoms with Crippen molar-refractivity contribution in [3.8, 4) is 0 Å². The molecule has 3 aromatic rings. The van der Waals surface area contributed by atoms with Crippen molar-refractivity contribution >= 4 is 32.4 Å². The number of anilines is 1. The molecule has 122 valence electrons. The molecule has 1 N–H and O–H groups in total. The summed E-state index contributed by atoms with van der Waals surface area (Å²) in [5, 5.41) is 15.5. The second-order valence-electron chi connectivity index (χ2n) is 6.10. The lowest BCUT2D eigenvalue weighted by Gasteiger charge is -2.35. The highest BCUT2D eigenvalue weighted by molar-refractivity contribution is 7.22. The Kier molecular flexibility index (Phi) is 3.86. The fraction of sp³-hybridized carbons (Fsp3) is 0.294. The molecule has 0 aliphatic heterocycles. The van der Waals surface area contributed by atoms with Gasteiger partial charge in [-0.15, -0.1) is 0 Å². The molecule has 2 heterocycles. The Morgan fingerprint density at radius 2 is 2.08 bits per heavy atom. The van der Waals surface area contributed by atoms with Crippen LogP contribution in [0.25, 0.3) is 10.2 Å². The van der Waals surface area contributed by atoms with Gasteiger partial charge in [-0.1, -0.05) is 23.5 Å². The Hall–Kier alpha value is -2.54. The van der Waals surface area contributed by atoms with Crippen LogP contribution in [0.15, 0.2) is 42.6 Å². The molecule has 0 saturated heterocycles. The van der Waals surface area contributed by atoms with Crippen molar-refractivity contribution in [3.05, 3.63) is 58.4 Å². The second-order valence-corrected chi connectivity index (χ2v) is 7.13. The number of thiazole rings is 1. The van der Waals surface area contributed by atoms with Crippen molar-refractivity contribution in [2.24, 2.45) is 5.92 Å². The molecular weight excluding hydrogens is 324 g/mol. The normalized spacial score (nSPS) is 19.8. The van der Waals surface area contributed by atoms with Crippen LogP contribution in [0.5, 0.6) is 0 Å². The first-order valence-electron chi connectivity index (χ1n) is 7.89. The average Bonchev–Trinajstić information content (AvgIpc) is 2.95. The van der Waals surface area contributed by atoms with E-state index in [-0.39, 0.29) is 10.6 Å². The molecule has 0 spiro atoms. The Morgan fingerprint density at radius 3 is 2.88 bits per heavy atom. The number of pyridine rings is 1. The van der Waals surface area contributed by atoms with Gasteiger partial charge in [-0.25, -0.2) is 4.98 Å². The van der Waals surface area contributed by atoms with Crippen LogP contribution in [0.4, 0.5) is 10.8 Å². The van der Waals surface area contributed by atoms with Gasteiger partial charge in [0.1, 0.15) is 5.69 Å². The molecule has 4 rings (SSSR count). The third-order valence-corrected chi connectivity index (χ3v) is 5.37. The van der Waals surface area contributed by atoms with Gasteiger partial charge in [-0.2, -0.15) is 0 Å². The van der Waals surface area contributed by atoms with Crippen molar-refractivity contribution < 1.29 is 4.92 Å². The number of hydrogen-bond acceptors (Lipinski definition) is 6. The van der Waals surface area contributed by atoms with Gasteiger partial charge in [0.25, 0.3) is 5.69 Å². The van der Waals surface area contributed by atoms with Crippen LogP contribution in [-0.2, 0) is 6.42 Å². The quantitative estimate of drug-likeness (QED) is 0.560. The number of nitro groups is 1. The summed E-state index contributed by atoms with van der Waals surface area (Å²) in [6.45, 7) is 0. The molecule has 1 aliphatic rings. The highest BCUT2D eigenvalue weighted by Crippen LogP contribution is 2.35. The van der Waals surface area contributed by atoms with Crippen molar-refractivity contribution in [3.63, 3.8) is 0 Å². The van der Waals surface area contributed by atoms with Gasteiger partial charge in [-0.05, 0) is 43.4 Å². The SMILES string of the molecule is O=[N+]([O-])c1cccnc1CC1CC(Nc2nc3ccccc3s2)C1. The maximum Gasteiger partial charge on any atom is 0.290 e. The molecular formula is C17H16N4O2S. The lowest BCUT2D eigenvalue weighted by Crippen LogP contribution is -2.36. The van der Waals surface area contributed by atoms with Crippen molar-refractivity contribution in [2.75, 3.05) is 5.32 Å². The summed E-state index contributed by atoms with van der Waals surface area (Å²) in [6.07, 6.45) is 4.26. The van der Waals surface area contributed by atoms with E-state index in [9.17, 15) is 10.1 Å². The summed E-state index contributed by atoms with van der Waals surface area (Å²) in [5.74, 6) is 0.436. The van der Waals surface area contributed by atoms with Crippen LogP contribution < -0.4 is 5.32 Å². The molecule has 0 bridgehead atoms. The third kappa shape index (κ3) is 2.94. The average molecular weight is 340 g/mol. The number of benzene rings is 1. The smallest absolute Gasteiger partial charge is 0.290 e. The molecule has 0 atom stereocenters. The van der Waals surface area contributed by atoms with Crippen molar-refractivity contribution in [1.29, 1.82) is 0 Å². The number of fused-ring (bicyclic) bond motifs is 1. The molecule has 0 amide bonds. The number of nitrogens with one attached hydrogen (secondary N) is 1. The van der Waals surface area contributed by atoms with Crippen LogP contribution >= 0.6 is 11.3 Å². The predicted molar refractivity (Wildman–Crippen MR) is 94.4 cm³/mol. The van der Waals surface area contributed by atoms with Gasteiger partial charge in [0, 0.05) is 18.3 Å². The van der Waals surface area contributed by atoms with Gasteiger partial charge < -0.3 is 5.32 Å². The lowest BCUT2D eigenvalue weighted by atomic mass is 9.77. The molecule has 24 heavy (non-hydrogen) atoms. The summed E-state index contributed by atoms with van der Waals surface area (Å²) in [6, 6.07) is 11.6. The first-order chi connectivity index (χ1) is 11.7. The summed E-state index contributed by atoms with van der Waals surface area (Å²) in [7, 11) is 0. The van der Waals surface area contributed by atoms with Crippen LogP contribution in [0.3, 0.4) is 0 Å². The minimum Gasteiger partial charge on any atom is -0.359 e. The zero-order chi connectivity index (χ0) is 16.5. The highest BCUT2D eigenvalue weighted by atomic mass is 32.1. The van der Waals surface area contributed by atoms with Crippen LogP contribution in [-0.4, -0.2) is 20.9 Å². The largest absolute Gasteiger partial charge is 0.359 e. The van der Waals surface area contributed by atoms with E-state index in [1.54, 1.807) is 23.6 Å². The van der Waals surface area contributed by atoms with Gasteiger partial charge in [0.05, 0.1) is 15.1 Å². The van der Waals surface area contributed by atoms with E-state index in [2.05, 4.69) is 21.4 Å². The Morgan fingerprint density at radius 1 is 1.25 bits per heavy atom. The van der Waals surface area contributed by atoms with Crippen molar-refractivity contribution in [2.45, 2.75) is 25.3 Å². The molecule has 1 saturated carbocycles. The topological polar surface area (TPSA) is 81.0 Å². The number of hydrogen-bond donors (Lipinski definition) is 1. The molecule has 6 nitrogen and oxygen atoms in total. The molecule has 1 aromatic carbocycles. The van der Waals surface area contributed by atoms with Gasteiger partial charge in [0.2, 0.25) is 0 Å². The van der Waals surface area contributed by atoms with Crippen LogP contribution in [0.1, 0.15) is 18.5 Å². The van der Waals surface area contributed by atoms with Crippen LogP contribution in [0, 0.1) is 16.0 Å². The maximum atomic E-state index is 11.0. The van der Waals surface area contributed by atoms with E-state index >= 15 is 0 Å². The van der Waals surface area contributed by atoms with Gasteiger partial charge in [0.15, 0.2) is 5.13 Å². The Bertz CT molecular complexity index is 856. The monoisotopic (exact) mass is 340 g/mol. The van der Waals surface area contributed by atoms with Crippen LogP contribution in [0.2, 0.25) is 0 Å². The minimum absolute atomic E-state index is 0.125. The summed E-state index contributed by atoms with van der Waals surface area (Å²) in [4.78, 5) is 19.5. The van der Waals surface area contributed by atoms with Crippen molar-refractivity contribution in [1.82, 2.24) is 9.97 Å². The number of aromatic nitrogens is 2.